The molecule has 2 aliphatic rings. The lowest BCUT2D eigenvalue weighted by molar-refractivity contribution is 0.128. The smallest absolute Gasteiger partial charge is 0.151 e. The minimum atomic E-state index is -2.78. The number of hydrogen-bond donors (Lipinski definition) is 1. The van der Waals surface area contributed by atoms with Crippen LogP contribution >= 0.6 is 0 Å². The first-order chi connectivity index (χ1) is 6.80. The Balaban J connectivity index is 2.12. The molecule has 15 heavy (non-hydrogen) atoms. The molecule has 0 aromatic rings. The van der Waals surface area contributed by atoms with Gasteiger partial charge in [-0.1, -0.05) is 0 Å². The van der Waals surface area contributed by atoms with Gasteiger partial charge < -0.3 is 5.73 Å². The Bertz CT molecular complexity index is 350. The lowest BCUT2D eigenvalue weighted by Crippen LogP contribution is -2.46. The summed E-state index contributed by atoms with van der Waals surface area (Å²) in [4.78, 5) is 2.29. The Morgan fingerprint density at radius 1 is 1.40 bits per heavy atom. The number of hydrogen-bond acceptors (Lipinski definition) is 4. The van der Waals surface area contributed by atoms with E-state index in [0.29, 0.717) is 11.5 Å². The van der Waals surface area contributed by atoms with Gasteiger partial charge in [0.2, 0.25) is 0 Å². The second-order valence-electron chi connectivity index (χ2n) is 5.49. The van der Waals surface area contributed by atoms with Crippen molar-refractivity contribution in [1.82, 2.24) is 4.90 Å². The average Bonchev–Trinajstić information content (AvgIpc) is 2.51. The fraction of sp³-hybridized carbons (Fsp3) is 1.00. The SMILES string of the molecule is CC1(C)CC(N)CN1C1CCS(=O)(=O)C1. The first-order valence-electron chi connectivity index (χ1n) is 5.53. The molecule has 2 rings (SSSR count). The Hall–Kier alpha value is -0.130. The fourth-order valence-electron chi connectivity index (χ4n) is 2.99. The van der Waals surface area contributed by atoms with E-state index < -0.39 is 9.84 Å². The Morgan fingerprint density at radius 2 is 2.07 bits per heavy atom. The molecule has 0 saturated carbocycles. The van der Waals surface area contributed by atoms with Gasteiger partial charge in [0.1, 0.15) is 0 Å². The highest BCUT2D eigenvalue weighted by Gasteiger charge is 2.44. The highest BCUT2D eigenvalue weighted by atomic mass is 32.2. The van der Waals surface area contributed by atoms with Crippen LogP contribution in [-0.4, -0.2) is 49.0 Å². The summed E-state index contributed by atoms with van der Waals surface area (Å²) in [5, 5.41) is 0. The number of rotatable bonds is 1. The molecule has 0 bridgehead atoms. The highest BCUT2D eigenvalue weighted by molar-refractivity contribution is 7.91. The van der Waals surface area contributed by atoms with Crippen LogP contribution in [0.1, 0.15) is 26.7 Å². The molecule has 2 aliphatic heterocycles. The van der Waals surface area contributed by atoms with Crippen molar-refractivity contribution in [3.63, 3.8) is 0 Å². The summed E-state index contributed by atoms with van der Waals surface area (Å²) in [5.74, 6) is 0.669. The zero-order valence-electron chi connectivity index (χ0n) is 9.44. The minimum absolute atomic E-state index is 0.0595. The molecule has 0 spiro atoms. The lowest BCUT2D eigenvalue weighted by atomic mass is 9.99. The zero-order chi connectivity index (χ0) is 11.3. The molecule has 2 unspecified atom stereocenters. The molecule has 0 radical (unpaired) electrons. The van der Waals surface area contributed by atoms with Crippen LogP contribution in [-0.2, 0) is 9.84 Å². The van der Waals surface area contributed by atoms with Gasteiger partial charge in [-0.25, -0.2) is 8.42 Å². The van der Waals surface area contributed by atoms with Crippen molar-refractivity contribution in [1.29, 1.82) is 0 Å². The maximum atomic E-state index is 11.4. The highest BCUT2D eigenvalue weighted by Crippen LogP contribution is 2.33. The van der Waals surface area contributed by atoms with Crippen LogP contribution in [0.25, 0.3) is 0 Å². The summed E-state index contributed by atoms with van der Waals surface area (Å²) in [6.45, 7) is 5.16. The van der Waals surface area contributed by atoms with Crippen molar-refractivity contribution in [3.8, 4) is 0 Å². The van der Waals surface area contributed by atoms with Crippen molar-refractivity contribution < 1.29 is 8.42 Å². The van der Waals surface area contributed by atoms with Gasteiger partial charge in [0, 0.05) is 24.2 Å². The van der Waals surface area contributed by atoms with Gasteiger partial charge in [-0.15, -0.1) is 0 Å². The predicted molar refractivity (Wildman–Crippen MR) is 60.4 cm³/mol. The van der Waals surface area contributed by atoms with Crippen LogP contribution < -0.4 is 5.73 Å². The number of nitrogens with zero attached hydrogens (tertiary/aromatic N) is 1. The first-order valence-corrected chi connectivity index (χ1v) is 7.35. The summed E-state index contributed by atoms with van der Waals surface area (Å²) >= 11 is 0. The van der Waals surface area contributed by atoms with Gasteiger partial charge in [-0.3, -0.25) is 4.90 Å². The van der Waals surface area contributed by atoms with E-state index in [1.807, 2.05) is 0 Å². The van der Waals surface area contributed by atoms with Gasteiger partial charge in [0.05, 0.1) is 11.5 Å². The Morgan fingerprint density at radius 3 is 2.47 bits per heavy atom. The van der Waals surface area contributed by atoms with Gasteiger partial charge >= 0.3 is 0 Å². The second kappa shape index (κ2) is 3.43. The van der Waals surface area contributed by atoms with Crippen LogP contribution in [0.2, 0.25) is 0 Å². The van der Waals surface area contributed by atoms with E-state index in [9.17, 15) is 8.42 Å². The van der Waals surface area contributed by atoms with E-state index in [1.165, 1.54) is 0 Å². The van der Waals surface area contributed by atoms with Crippen molar-refractivity contribution in [3.05, 3.63) is 0 Å². The van der Waals surface area contributed by atoms with E-state index in [0.717, 1.165) is 19.4 Å². The minimum Gasteiger partial charge on any atom is -0.326 e. The molecule has 2 heterocycles. The Labute approximate surface area is 91.7 Å². The topological polar surface area (TPSA) is 63.4 Å². The van der Waals surface area contributed by atoms with Crippen molar-refractivity contribution >= 4 is 9.84 Å². The first kappa shape index (κ1) is 11.4. The molecule has 0 aliphatic carbocycles. The van der Waals surface area contributed by atoms with Gasteiger partial charge in [0.15, 0.2) is 9.84 Å². The van der Waals surface area contributed by atoms with Gasteiger partial charge in [-0.2, -0.15) is 0 Å². The van der Waals surface area contributed by atoms with Crippen LogP contribution in [0, 0.1) is 0 Å². The monoisotopic (exact) mass is 232 g/mol. The third-order valence-electron chi connectivity index (χ3n) is 3.62. The largest absolute Gasteiger partial charge is 0.326 e. The molecule has 5 heteroatoms. The second-order valence-corrected chi connectivity index (χ2v) is 7.71. The van der Waals surface area contributed by atoms with Crippen LogP contribution in [0.15, 0.2) is 0 Å². The third kappa shape index (κ3) is 2.19. The van der Waals surface area contributed by atoms with E-state index in [4.69, 9.17) is 5.73 Å². The predicted octanol–water partition coefficient (Wildman–Crippen LogP) is -0.0149. The number of sulfone groups is 1. The quantitative estimate of drug-likeness (QED) is 0.690. The molecule has 4 nitrogen and oxygen atoms in total. The van der Waals surface area contributed by atoms with Gasteiger partial charge in [-0.05, 0) is 26.7 Å². The molecular formula is C10H20N2O2S. The van der Waals surface area contributed by atoms with Crippen LogP contribution in [0.4, 0.5) is 0 Å². The molecule has 2 N–H and O–H groups in total. The molecule has 2 saturated heterocycles. The molecule has 0 aromatic carbocycles. The maximum Gasteiger partial charge on any atom is 0.151 e. The molecule has 0 amide bonds. The molecule has 2 atom stereocenters. The van der Waals surface area contributed by atoms with E-state index in [2.05, 4.69) is 18.7 Å². The lowest BCUT2D eigenvalue weighted by Gasteiger charge is -2.35. The third-order valence-corrected chi connectivity index (χ3v) is 5.37. The van der Waals surface area contributed by atoms with E-state index in [1.54, 1.807) is 0 Å². The van der Waals surface area contributed by atoms with E-state index >= 15 is 0 Å². The summed E-state index contributed by atoms with van der Waals surface area (Å²) in [5.41, 5.74) is 6.00. The van der Waals surface area contributed by atoms with Crippen LogP contribution in [0.5, 0.6) is 0 Å². The van der Waals surface area contributed by atoms with Crippen molar-refractivity contribution in [2.75, 3.05) is 18.1 Å². The maximum absolute atomic E-state index is 11.4. The standard InChI is InChI=1S/C10H20N2O2S/c1-10(2)5-8(11)6-12(10)9-3-4-15(13,14)7-9/h8-9H,3-7,11H2,1-2H3. The average molecular weight is 232 g/mol. The molecular weight excluding hydrogens is 212 g/mol. The molecule has 88 valence electrons. The Kier molecular flexibility index (Phi) is 2.60. The summed E-state index contributed by atoms with van der Waals surface area (Å²) in [7, 11) is -2.78. The van der Waals surface area contributed by atoms with Gasteiger partial charge in [0.25, 0.3) is 0 Å². The van der Waals surface area contributed by atoms with E-state index in [-0.39, 0.29) is 17.6 Å². The number of nitrogens with two attached hydrogens (primary N) is 1. The normalized spacial score (nSPS) is 39.7. The van der Waals surface area contributed by atoms with Crippen molar-refractivity contribution in [2.24, 2.45) is 5.73 Å². The molecule has 2 fully saturated rings. The summed E-state index contributed by atoms with van der Waals surface area (Å²) in [6.07, 6.45) is 1.74. The summed E-state index contributed by atoms with van der Waals surface area (Å²) < 4.78 is 22.9. The number of likely N-dealkylation sites (tertiary alicyclic amines) is 1. The zero-order valence-corrected chi connectivity index (χ0v) is 10.3. The summed E-state index contributed by atoms with van der Waals surface area (Å²) in [6, 6.07) is 0.391. The van der Waals surface area contributed by atoms with Crippen molar-refractivity contribution in [2.45, 2.75) is 44.3 Å². The fourth-order valence-corrected chi connectivity index (χ4v) is 4.72. The van der Waals surface area contributed by atoms with Crippen LogP contribution in [0.3, 0.4) is 0 Å². The molecule has 0 aromatic heterocycles.